The molecule has 21 heavy (non-hydrogen) atoms. The van der Waals surface area contributed by atoms with Gasteiger partial charge in [-0.25, -0.2) is 0 Å². The summed E-state index contributed by atoms with van der Waals surface area (Å²) < 4.78 is 12.1. The van der Waals surface area contributed by atoms with Crippen LogP contribution in [0.4, 0.5) is 0 Å². The summed E-state index contributed by atoms with van der Waals surface area (Å²) in [6.07, 6.45) is 0. The van der Waals surface area contributed by atoms with Crippen molar-refractivity contribution >= 4 is 15.9 Å². The minimum atomic E-state index is 0.000339. The second-order valence-corrected chi connectivity index (χ2v) is 6.82. The monoisotopic (exact) mass is 348 g/mol. The Balaban J connectivity index is 2.63. The molecule has 2 nitrogen and oxygen atoms in total. The van der Waals surface area contributed by atoms with Gasteiger partial charge in [0, 0.05) is 22.7 Å². The third-order valence-corrected chi connectivity index (χ3v) is 4.00. The highest BCUT2D eigenvalue weighted by Gasteiger charge is 2.22. The summed E-state index contributed by atoms with van der Waals surface area (Å²) in [4.78, 5) is 0. The summed E-state index contributed by atoms with van der Waals surface area (Å²) in [5.74, 6) is 0.888. The van der Waals surface area contributed by atoms with E-state index in [4.69, 9.17) is 9.47 Å². The minimum absolute atomic E-state index is 0.000339. The van der Waals surface area contributed by atoms with E-state index < -0.39 is 0 Å². The predicted molar refractivity (Wildman–Crippen MR) is 90.8 cm³/mol. The number of ether oxygens (including phenoxy) is 2. The lowest BCUT2D eigenvalue weighted by Gasteiger charge is -2.25. The third-order valence-electron chi connectivity index (χ3n) is 3.31. The van der Waals surface area contributed by atoms with Crippen LogP contribution in [0.2, 0.25) is 0 Å². The molecule has 0 aliphatic rings. The molecule has 3 heteroatoms. The Bertz CT molecular complexity index is 615. The average molecular weight is 349 g/mol. The van der Waals surface area contributed by atoms with E-state index in [0.717, 1.165) is 21.3 Å². The second-order valence-electron chi connectivity index (χ2n) is 5.96. The summed E-state index contributed by atoms with van der Waals surface area (Å²) in [5, 5.41) is 0. The van der Waals surface area contributed by atoms with E-state index in [1.165, 1.54) is 5.56 Å². The highest BCUT2D eigenvalue weighted by atomic mass is 79.9. The maximum absolute atomic E-state index is 5.91. The molecule has 0 spiro atoms. The summed E-state index contributed by atoms with van der Waals surface area (Å²) in [6.45, 7) is 6.80. The first-order valence-corrected chi connectivity index (χ1v) is 7.74. The van der Waals surface area contributed by atoms with E-state index in [2.05, 4.69) is 61.0 Å². The lowest BCUT2D eigenvalue weighted by Crippen LogP contribution is -2.15. The van der Waals surface area contributed by atoms with E-state index in [1.807, 2.05) is 18.2 Å². The fraction of sp³-hybridized carbons (Fsp3) is 0.333. The molecule has 0 aromatic heterocycles. The lowest BCUT2D eigenvalue weighted by molar-refractivity contribution is 0.0502. The molecule has 0 saturated heterocycles. The minimum Gasteiger partial charge on any atom is -0.467 e. The molecular formula is C18H21BrO2. The Labute approximate surface area is 135 Å². The van der Waals surface area contributed by atoms with Gasteiger partial charge >= 0.3 is 0 Å². The number of halogens is 1. The first-order valence-electron chi connectivity index (χ1n) is 6.95. The molecule has 2 aromatic carbocycles. The molecule has 0 amide bonds. The smallest absolute Gasteiger partial charge is 0.188 e. The van der Waals surface area contributed by atoms with Crippen molar-refractivity contribution in [2.75, 3.05) is 13.9 Å². The topological polar surface area (TPSA) is 18.5 Å². The van der Waals surface area contributed by atoms with Crippen LogP contribution in [-0.4, -0.2) is 13.9 Å². The molecule has 0 aliphatic carbocycles. The van der Waals surface area contributed by atoms with Crippen LogP contribution in [0.15, 0.2) is 46.9 Å². The van der Waals surface area contributed by atoms with Crippen molar-refractivity contribution in [3.8, 4) is 16.9 Å². The van der Waals surface area contributed by atoms with E-state index in [-0.39, 0.29) is 12.2 Å². The summed E-state index contributed by atoms with van der Waals surface area (Å²) in [7, 11) is 1.64. The molecule has 2 aromatic rings. The van der Waals surface area contributed by atoms with Crippen molar-refractivity contribution in [3.05, 3.63) is 52.5 Å². The van der Waals surface area contributed by atoms with Crippen LogP contribution < -0.4 is 4.74 Å². The third kappa shape index (κ3) is 3.66. The van der Waals surface area contributed by atoms with Crippen LogP contribution in [0.25, 0.3) is 11.1 Å². The fourth-order valence-corrected chi connectivity index (χ4v) is 2.79. The average Bonchev–Trinajstić information content (AvgIpc) is 2.44. The van der Waals surface area contributed by atoms with Gasteiger partial charge in [0.05, 0.1) is 0 Å². The Morgan fingerprint density at radius 3 is 2.24 bits per heavy atom. The van der Waals surface area contributed by atoms with Crippen LogP contribution in [0.5, 0.6) is 5.75 Å². The SMILES string of the molecule is COCOc1c(-c2ccccc2Br)cccc1C(C)(C)C. The highest BCUT2D eigenvalue weighted by molar-refractivity contribution is 9.10. The number of methoxy groups -OCH3 is 1. The van der Waals surface area contributed by atoms with Gasteiger partial charge in [0.15, 0.2) is 6.79 Å². The summed E-state index contributed by atoms with van der Waals surface area (Å²) >= 11 is 3.62. The van der Waals surface area contributed by atoms with Gasteiger partial charge in [0.1, 0.15) is 5.75 Å². The van der Waals surface area contributed by atoms with Crippen LogP contribution in [0.1, 0.15) is 26.3 Å². The van der Waals surface area contributed by atoms with Crippen molar-refractivity contribution in [2.45, 2.75) is 26.2 Å². The van der Waals surface area contributed by atoms with E-state index in [1.54, 1.807) is 7.11 Å². The molecule has 0 fully saturated rings. The zero-order valence-electron chi connectivity index (χ0n) is 12.9. The number of hydrogen-bond donors (Lipinski definition) is 0. The van der Waals surface area contributed by atoms with Crippen molar-refractivity contribution in [1.29, 1.82) is 0 Å². The molecule has 0 bridgehead atoms. The number of benzene rings is 2. The zero-order chi connectivity index (χ0) is 15.5. The molecule has 0 aliphatic heterocycles. The lowest BCUT2D eigenvalue weighted by atomic mass is 9.84. The van der Waals surface area contributed by atoms with Gasteiger partial charge in [-0.2, -0.15) is 0 Å². The fourth-order valence-electron chi connectivity index (χ4n) is 2.29. The van der Waals surface area contributed by atoms with Crippen LogP contribution >= 0.6 is 15.9 Å². The number of hydrogen-bond acceptors (Lipinski definition) is 2. The predicted octanol–water partition coefficient (Wildman–Crippen LogP) is 5.40. The number of para-hydroxylation sites is 1. The van der Waals surface area contributed by atoms with E-state index >= 15 is 0 Å². The van der Waals surface area contributed by atoms with Gasteiger partial charge in [-0.05, 0) is 17.0 Å². The Hall–Kier alpha value is -1.32. The second kappa shape index (κ2) is 6.63. The first-order chi connectivity index (χ1) is 9.95. The normalized spacial score (nSPS) is 11.5. The van der Waals surface area contributed by atoms with Crippen LogP contribution in [-0.2, 0) is 10.2 Å². The highest BCUT2D eigenvalue weighted by Crippen LogP contribution is 2.41. The van der Waals surface area contributed by atoms with Crippen molar-refractivity contribution in [1.82, 2.24) is 0 Å². The van der Waals surface area contributed by atoms with E-state index in [0.29, 0.717) is 0 Å². The van der Waals surface area contributed by atoms with Crippen molar-refractivity contribution < 1.29 is 9.47 Å². The maximum atomic E-state index is 5.91. The zero-order valence-corrected chi connectivity index (χ0v) is 14.5. The molecule has 0 saturated carbocycles. The molecular weight excluding hydrogens is 328 g/mol. The van der Waals surface area contributed by atoms with Gasteiger partial charge in [0.25, 0.3) is 0 Å². The van der Waals surface area contributed by atoms with Crippen molar-refractivity contribution in [2.24, 2.45) is 0 Å². The molecule has 0 unspecified atom stereocenters. The van der Waals surface area contributed by atoms with Gasteiger partial charge < -0.3 is 9.47 Å². The molecule has 2 rings (SSSR count). The summed E-state index contributed by atoms with van der Waals surface area (Å²) in [5.41, 5.74) is 3.37. The first kappa shape index (κ1) is 16.1. The molecule has 0 atom stereocenters. The maximum Gasteiger partial charge on any atom is 0.188 e. The van der Waals surface area contributed by atoms with Gasteiger partial charge in [0.2, 0.25) is 0 Å². The Morgan fingerprint density at radius 1 is 0.952 bits per heavy atom. The van der Waals surface area contributed by atoms with E-state index in [9.17, 15) is 0 Å². The van der Waals surface area contributed by atoms with Crippen LogP contribution in [0, 0.1) is 0 Å². The molecule has 112 valence electrons. The Morgan fingerprint density at radius 2 is 1.62 bits per heavy atom. The molecule has 0 N–H and O–H groups in total. The van der Waals surface area contributed by atoms with Gasteiger partial charge in [-0.1, -0.05) is 73.1 Å². The quantitative estimate of drug-likeness (QED) is 0.689. The Kier molecular flexibility index (Phi) is 5.07. The number of rotatable bonds is 4. The molecule has 0 heterocycles. The standard InChI is InChI=1S/C18H21BrO2/c1-18(2,3)15-10-7-9-14(17(15)21-12-20-4)13-8-5-6-11-16(13)19/h5-11H,12H2,1-4H3. The molecule has 0 radical (unpaired) electrons. The van der Waals surface area contributed by atoms with Gasteiger partial charge in [-0.15, -0.1) is 0 Å². The van der Waals surface area contributed by atoms with Gasteiger partial charge in [-0.3, -0.25) is 0 Å². The summed E-state index contributed by atoms with van der Waals surface area (Å²) in [6, 6.07) is 14.5. The van der Waals surface area contributed by atoms with Crippen LogP contribution in [0.3, 0.4) is 0 Å². The largest absolute Gasteiger partial charge is 0.467 e. The van der Waals surface area contributed by atoms with Crippen molar-refractivity contribution in [3.63, 3.8) is 0 Å².